The SMILES string of the molecule is CCC(C)C1CN(CC2(C)CC2)C(c2ccccc2)CN1. The second kappa shape index (κ2) is 6.10. The molecular weight excluding hydrogens is 256 g/mol. The standard InChI is InChI=1S/C19H30N2/c1-4-15(2)17-13-21(14-19(3)10-11-19)18(12-20-17)16-8-6-5-7-9-16/h5-9,15,17-18,20H,4,10-14H2,1-3H3. The fraction of sp³-hybridized carbons (Fsp3) is 0.684. The zero-order chi connectivity index (χ0) is 14.9. The van der Waals surface area contributed by atoms with Gasteiger partial charge >= 0.3 is 0 Å². The molecule has 0 amide bonds. The van der Waals surface area contributed by atoms with Crippen molar-refractivity contribution in [2.24, 2.45) is 11.3 Å². The van der Waals surface area contributed by atoms with E-state index in [1.54, 1.807) is 0 Å². The Labute approximate surface area is 129 Å². The first kappa shape index (κ1) is 15.1. The largest absolute Gasteiger partial charge is 0.311 e. The molecule has 0 radical (unpaired) electrons. The van der Waals surface area contributed by atoms with Crippen molar-refractivity contribution in [2.45, 2.75) is 52.1 Å². The van der Waals surface area contributed by atoms with E-state index in [1.165, 1.54) is 37.9 Å². The number of nitrogens with one attached hydrogen (secondary N) is 1. The molecule has 21 heavy (non-hydrogen) atoms. The molecule has 0 spiro atoms. The normalized spacial score (nSPS) is 30.0. The maximum Gasteiger partial charge on any atom is 0.0473 e. The third kappa shape index (κ3) is 3.49. The van der Waals surface area contributed by atoms with E-state index in [0.717, 1.165) is 12.5 Å². The highest BCUT2D eigenvalue weighted by Crippen LogP contribution is 2.47. The van der Waals surface area contributed by atoms with Crippen LogP contribution in [0.3, 0.4) is 0 Å². The summed E-state index contributed by atoms with van der Waals surface area (Å²) >= 11 is 0. The van der Waals surface area contributed by atoms with E-state index in [9.17, 15) is 0 Å². The molecule has 116 valence electrons. The van der Waals surface area contributed by atoms with E-state index in [4.69, 9.17) is 0 Å². The summed E-state index contributed by atoms with van der Waals surface area (Å²) in [6.07, 6.45) is 4.08. The molecule has 0 bridgehead atoms. The highest BCUT2D eigenvalue weighted by molar-refractivity contribution is 5.20. The Kier molecular flexibility index (Phi) is 4.37. The highest BCUT2D eigenvalue weighted by Gasteiger charge is 2.42. The van der Waals surface area contributed by atoms with Gasteiger partial charge in [-0.1, -0.05) is 57.5 Å². The lowest BCUT2D eigenvalue weighted by molar-refractivity contribution is 0.0898. The molecule has 3 unspecified atom stereocenters. The van der Waals surface area contributed by atoms with Crippen LogP contribution in [0.2, 0.25) is 0 Å². The van der Waals surface area contributed by atoms with Gasteiger partial charge in [-0.25, -0.2) is 0 Å². The molecule has 1 aromatic carbocycles. The fourth-order valence-corrected chi connectivity index (χ4v) is 3.54. The van der Waals surface area contributed by atoms with Gasteiger partial charge in [0.15, 0.2) is 0 Å². The number of benzene rings is 1. The molecule has 1 aliphatic heterocycles. The van der Waals surface area contributed by atoms with Crippen LogP contribution in [0.15, 0.2) is 30.3 Å². The summed E-state index contributed by atoms with van der Waals surface area (Å²) in [5.41, 5.74) is 2.06. The van der Waals surface area contributed by atoms with E-state index in [-0.39, 0.29) is 0 Å². The van der Waals surface area contributed by atoms with Gasteiger partial charge in [-0.15, -0.1) is 0 Å². The molecule has 2 heteroatoms. The zero-order valence-corrected chi connectivity index (χ0v) is 13.8. The van der Waals surface area contributed by atoms with Crippen LogP contribution in [0.5, 0.6) is 0 Å². The van der Waals surface area contributed by atoms with Crippen LogP contribution in [0.1, 0.15) is 51.6 Å². The number of piperazine rings is 1. The van der Waals surface area contributed by atoms with Gasteiger partial charge in [0.1, 0.15) is 0 Å². The Balaban J connectivity index is 1.75. The number of hydrogen-bond acceptors (Lipinski definition) is 2. The van der Waals surface area contributed by atoms with Crippen LogP contribution in [0.4, 0.5) is 0 Å². The summed E-state index contributed by atoms with van der Waals surface area (Å²) in [6.45, 7) is 10.7. The van der Waals surface area contributed by atoms with Crippen LogP contribution >= 0.6 is 0 Å². The van der Waals surface area contributed by atoms with Gasteiger partial charge in [-0.2, -0.15) is 0 Å². The minimum absolute atomic E-state index is 0.545. The van der Waals surface area contributed by atoms with Crippen LogP contribution < -0.4 is 5.32 Å². The smallest absolute Gasteiger partial charge is 0.0473 e. The van der Waals surface area contributed by atoms with Gasteiger partial charge in [0.2, 0.25) is 0 Å². The highest BCUT2D eigenvalue weighted by atomic mass is 15.2. The lowest BCUT2D eigenvalue weighted by atomic mass is 9.92. The van der Waals surface area contributed by atoms with Crippen LogP contribution in [-0.4, -0.2) is 30.6 Å². The van der Waals surface area contributed by atoms with Gasteiger partial charge in [0.05, 0.1) is 0 Å². The number of hydrogen-bond donors (Lipinski definition) is 1. The molecule has 0 aromatic heterocycles. The van der Waals surface area contributed by atoms with E-state index in [2.05, 4.69) is 61.3 Å². The first-order chi connectivity index (χ1) is 10.1. The quantitative estimate of drug-likeness (QED) is 0.884. The molecule has 1 saturated carbocycles. The van der Waals surface area contributed by atoms with Gasteiger partial charge in [-0.3, -0.25) is 4.90 Å². The molecule has 3 rings (SSSR count). The zero-order valence-electron chi connectivity index (χ0n) is 13.8. The topological polar surface area (TPSA) is 15.3 Å². The molecule has 1 saturated heterocycles. The Hall–Kier alpha value is -0.860. The van der Waals surface area contributed by atoms with Crippen molar-refractivity contribution < 1.29 is 0 Å². The van der Waals surface area contributed by atoms with Crippen LogP contribution in [0, 0.1) is 11.3 Å². The lowest BCUT2D eigenvalue weighted by Gasteiger charge is -2.43. The molecule has 2 fully saturated rings. The Morgan fingerprint density at radius 2 is 2.00 bits per heavy atom. The Bertz CT molecular complexity index is 452. The first-order valence-electron chi connectivity index (χ1n) is 8.64. The third-order valence-corrected chi connectivity index (χ3v) is 5.65. The van der Waals surface area contributed by atoms with Gasteiger partial charge in [0.25, 0.3) is 0 Å². The molecule has 3 atom stereocenters. The first-order valence-corrected chi connectivity index (χ1v) is 8.64. The lowest BCUT2D eigenvalue weighted by Crippen LogP contribution is -2.55. The molecule has 1 N–H and O–H groups in total. The summed E-state index contributed by atoms with van der Waals surface area (Å²) in [5.74, 6) is 0.760. The van der Waals surface area contributed by atoms with E-state index >= 15 is 0 Å². The van der Waals surface area contributed by atoms with Crippen molar-refractivity contribution >= 4 is 0 Å². The van der Waals surface area contributed by atoms with Crippen molar-refractivity contribution in [3.63, 3.8) is 0 Å². The second-order valence-electron chi connectivity index (χ2n) is 7.57. The number of rotatable bonds is 5. The predicted molar refractivity (Wildman–Crippen MR) is 89.3 cm³/mol. The maximum absolute atomic E-state index is 3.81. The minimum Gasteiger partial charge on any atom is -0.311 e. The van der Waals surface area contributed by atoms with Crippen molar-refractivity contribution in [3.8, 4) is 0 Å². The molecule has 2 aliphatic rings. The molecule has 1 aromatic rings. The summed E-state index contributed by atoms with van der Waals surface area (Å²) in [7, 11) is 0. The Morgan fingerprint density at radius 3 is 2.62 bits per heavy atom. The van der Waals surface area contributed by atoms with Gasteiger partial charge in [0, 0.05) is 31.7 Å². The van der Waals surface area contributed by atoms with Crippen LogP contribution in [-0.2, 0) is 0 Å². The molecule has 1 aliphatic carbocycles. The van der Waals surface area contributed by atoms with Crippen LogP contribution in [0.25, 0.3) is 0 Å². The summed E-state index contributed by atoms with van der Waals surface area (Å²) in [4.78, 5) is 2.76. The third-order valence-electron chi connectivity index (χ3n) is 5.65. The molecule has 1 heterocycles. The maximum atomic E-state index is 3.81. The fourth-order valence-electron chi connectivity index (χ4n) is 3.54. The van der Waals surface area contributed by atoms with Crippen molar-refractivity contribution in [1.29, 1.82) is 0 Å². The van der Waals surface area contributed by atoms with E-state index in [1.807, 2.05) is 0 Å². The minimum atomic E-state index is 0.545. The van der Waals surface area contributed by atoms with Crippen molar-refractivity contribution in [3.05, 3.63) is 35.9 Å². The monoisotopic (exact) mass is 286 g/mol. The van der Waals surface area contributed by atoms with Crippen molar-refractivity contribution in [1.82, 2.24) is 10.2 Å². The average Bonchev–Trinajstić information content (AvgIpc) is 3.24. The van der Waals surface area contributed by atoms with Gasteiger partial charge in [-0.05, 0) is 29.7 Å². The number of nitrogens with zero attached hydrogens (tertiary/aromatic N) is 1. The molecular formula is C19H30N2. The molecule has 2 nitrogen and oxygen atoms in total. The van der Waals surface area contributed by atoms with E-state index < -0.39 is 0 Å². The summed E-state index contributed by atoms with van der Waals surface area (Å²) in [6, 6.07) is 12.2. The van der Waals surface area contributed by atoms with Crippen molar-refractivity contribution in [2.75, 3.05) is 19.6 Å². The van der Waals surface area contributed by atoms with Gasteiger partial charge < -0.3 is 5.32 Å². The summed E-state index contributed by atoms with van der Waals surface area (Å²) < 4.78 is 0. The summed E-state index contributed by atoms with van der Waals surface area (Å²) in [5, 5.41) is 3.81. The average molecular weight is 286 g/mol. The predicted octanol–water partition coefficient (Wildman–Crippen LogP) is 3.85. The Morgan fingerprint density at radius 1 is 1.29 bits per heavy atom. The second-order valence-corrected chi connectivity index (χ2v) is 7.57. The van der Waals surface area contributed by atoms with E-state index in [0.29, 0.717) is 17.5 Å².